The van der Waals surface area contributed by atoms with Crippen molar-refractivity contribution in [2.24, 2.45) is 0 Å². The van der Waals surface area contributed by atoms with E-state index in [9.17, 15) is 24.8 Å². The maximum atomic E-state index is 12.5. The fourth-order valence-corrected chi connectivity index (χ4v) is 3.37. The summed E-state index contributed by atoms with van der Waals surface area (Å²) in [7, 11) is 1.42. The Morgan fingerprint density at radius 1 is 1.26 bits per heavy atom. The van der Waals surface area contributed by atoms with E-state index in [0.717, 1.165) is 16.7 Å². The molecule has 9 heteroatoms. The molecule has 0 unspecified atom stereocenters. The fraction of sp³-hybridized carbons (Fsp3) is 0.111. The van der Waals surface area contributed by atoms with Crippen LogP contribution in [0.5, 0.6) is 11.5 Å². The molecule has 1 N–H and O–H groups in total. The maximum absolute atomic E-state index is 12.5. The van der Waals surface area contributed by atoms with Gasteiger partial charge in [0.1, 0.15) is 0 Å². The number of phenolic OH excluding ortho intramolecular Hbond substituents is 1. The van der Waals surface area contributed by atoms with Crippen LogP contribution in [-0.4, -0.2) is 33.2 Å². The molecule has 0 bridgehead atoms. The van der Waals surface area contributed by atoms with E-state index in [-0.39, 0.29) is 22.9 Å². The first-order valence-electron chi connectivity index (χ1n) is 7.74. The van der Waals surface area contributed by atoms with Gasteiger partial charge in [0.15, 0.2) is 11.5 Å². The third kappa shape index (κ3) is 3.93. The number of methoxy groups -OCH3 is 1. The van der Waals surface area contributed by atoms with E-state index in [0.29, 0.717) is 16.9 Å². The topological polar surface area (TPSA) is 110 Å². The van der Waals surface area contributed by atoms with Crippen molar-refractivity contribution in [3.63, 3.8) is 0 Å². The second-order valence-electron chi connectivity index (χ2n) is 5.63. The summed E-state index contributed by atoms with van der Waals surface area (Å²) < 4.78 is 4.96. The van der Waals surface area contributed by atoms with Gasteiger partial charge in [-0.15, -0.1) is 0 Å². The summed E-state index contributed by atoms with van der Waals surface area (Å²) in [5, 5.41) is 20.2. The SMILES string of the molecule is COc1ccc(/C=C2/SC(=O)N(Cc3cccc([N+](=O)[O-])c3)C2=O)cc1O. The lowest BCUT2D eigenvalue weighted by Crippen LogP contribution is -2.27. The van der Waals surface area contributed by atoms with Crippen LogP contribution < -0.4 is 4.74 Å². The van der Waals surface area contributed by atoms with Crippen LogP contribution in [0.25, 0.3) is 6.08 Å². The number of thioether (sulfide) groups is 1. The smallest absolute Gasteiger partial charge is 0.293 e. The van der Waals surface area contributed by atoms with Gasteiger partial charge < -0.3 is 9.84 Å². The molecule has 0 aliphatic carbocycles. The van der Waals surface area contributed by atoms with Crippen molar-refractivity contribution in [3.8, 4) is 11.5 Å². The van der Waals surface area contributed by atoms with E-state index in [1.54, 1.807) is 18.2 Å². The molecule has 1 saturated heterocycles. The normalized spacial score (nSPS) is 15.4. The lowest BCUT2D eigenvalue weighted by atomic mass is 10.1. The van der Waals surface area contributed by atoms with Crippen LogP contribution in [0.1, 0.15) is 11.1 Å². The molecule has 8 nitrogen and oxygen atoms in total. The van der Waals surface area contributed by atoms with Crippen molar-refractivity contribution in [3.05, 3.63) is 68.6 Å². The first kappa shape index (κ1) is 18.5. The molecule has 2 aromatic rings. The highest BCUT2D eigenvalue weighted by molar-refractivity contribution is 8.18. The van der Waals surface area contributed by atoms with E-state index in [1.165, 1.54) is 37.5 Å². The van der Waals surface area contributed by atoms with Gasteiger partial charge in [0.25, 0.3) is 16.8 Å². The Hall–Kier alpha value is -3.33. The number of imide groups is 1. The number of hydrogen-bond donors (Lipinski definition) is 1. The Balaban J connectivity index is 1.81. The van der Waals surface area contributed by atoms with Gasteiger partial charge in [0, 0.05) is 12.1 Å². The number of non-ortho nitro benzene ring substituents is 1. The molecule has 1 fully saturated rings. The number of nitrogens with zero attached hydrogens (tertiary/aromatic N) is 2. The van der Waals surface area contributed by atoms with Crippen molar-refractivity contribution < 1.29 is 24.4 Å². The summed E-state index contributed by atoms with van der Waals surface area (Å²) in [4.78, 5) is 36.3. The van der Waals surface area contributed by atoms with Crippen LogP contribution in [-0.2, 0) is 11.3 Å². The molecular formula is C18H14N2O6S. The van der Waals surface area contributed by atoms with E-state index in [1.807, 2.05) is 0 Å². The average molecular weight is 386 g/mol. The largest absolute Gasteiger partial charge is 0.504 e. The summed E-state index contributed by atoms with van der Waals surface area (Å²) in [6.45, 7) is -0.0580. The highest BCUT2D eigenvalue weighted by atomic mass is 32.2. The molecule has 2 amide bonds. The number of aromatic hydroxyl groups is 1. The highest BCUT2D eigenvalue weighted by Gasteiger charge is 2.35. The number of benzene rings is 2. The Labute approximate surface area is 158 Å². The number of hydrogen-bond acceptors (Lipinski definition) is 7. The molecular weight excluding hydrogens is 372 g/mol. The maximum Gasteiger partial charge on any atom is 0.293 e. The predicted molar refractivity (Wildman–Crippen MR) is 99.3 cm³/mol. The van der Waals surface area contributed by atoms with Crippen molar-refractivity contribution in [2.75, 3.05) is 7.11 Å². The Bertz CT molecular complexity index is 972. The predicted octanol–water partition coefficient (Wildman–Crippen LogP) is 3.55. The van der Waals surface area contributed by atoms with Crippen molar-refractivity contribution in [1.82, 2.24) is 4.90 Å². The minimum absolute atomic E-state index is 0.0580. The van der Waals surface area contributed by atoms with Gasteiger partial charge in [-0.25, -0.2) is 0 Å². The molecule has 0 saturated carbocycles. The van der Waals surface area contributed by atoms with Crippen LogP contribution in [0.3, 0.4) is 0 Å². The van der Waals surface area contributed by atoms with E-state index >= 15 is 0 Å². The second-order valence-corrected chi connectivity index (χ2v) is 6.62. The summed E-state index contributed by atoms with van der Waals surface area (Å²) >= 11 is 0.774. The van der Waals surface area contributed by atoms with Gasteiger partial charge in [-0.2, -0.15) is 0 Å². The Morgan fingerprint density at radius 3 is 2.70 bits per heavy atom. The van der Waals surface area contributed by atoms with Crippen LogP contribution in [0.15, 0.2) is 47.4 Å². The standard InChI is InChI=1S/C18H14N2O6S/c1-26-15-6-5-11(8-14(15)21)9-16-17(22)19(18(23)27-16)10-12-3-2-4-13(7-12)20(24)25/h2-9,21H,10H2,1H3/b16-9+. The number of amides is 2. The monoisotopic (exact) mass is 386 g/mol. The van der Waals surface area contributed by atoms with Crippen molar-refractivity contribution in [2.45, 2.75) is 6.54 Å². The zero-order valence-corrected chi connectivity index (χ0v) is 14.9. The lowest BCUT2D eigenvalue weighted by Gasteiger charge is -2.12. The number of nitro benzene ring substituents is 1. The number of phenols is 1. The quantitative estimate of drug-likeness (QED) is 0.475. The van der Waals surface area contributed by atoms with Gasteiger partial charge in [0.05, 0.1) is 23.5 Å². The molecule has 0 spiro atoms. The molecule has 1 aliphatic rings. The number of nitro groups is 1. The number of rotatable bonds is 5. The van der Waals surface area contributed by atoms with Crippen LogP contribution in [0, 0.1) is 10.1 Å². The zero-order valence-electron chi connectivity index (χ0n) is 14.1. The first-order chi connectivity index (χ1) is 12.9. The molecule has 3 rings (SSSR count). The third-order valence-corrected chi connectivity index (χ3v) is 4.74. The number of ether oxygens (including phenoxy) is 1. The Kier molecular flexibility index (Phi) is 5.13. The van der Waals surface area contributed by atoms with Gasteiger partial charge >= 0.3 is 0 Å². The molecule has 1 aliphatic heterocycles. The molecule has 27 heavy (non-hydrogen) atoms. The number of carbonyl (C=O) groups is 2. The van der Waals surface area contributed by atoms with Gasteiger partial charge in [-0.1, -0.05) is 18.2 Å². The second kappa shape index (κ2) is 7.50. The van der Waals surface area contributed by atoms with Crippen LogP contribution >= 0.6 is 11.8 Å². The van der Waals surface area contributed by atoms with E-state index in [2.05, 4.69) is 0 Å². The summed E-state index contributed by atoms with van der Waals surface area (Å²) in [6, 6.07) is 10.4. The summed E-state index contributed by atoms with van der Waals surface area (Å²) in [5.74, 6) is -0.278. The van der Waals surface area contributed by atoms with Crippen molar-refractivity contribution in [1.29, 1.82) is 0 Å². The van der Waals surface area contributed by atoms with Gasteiger partial charge in [-0.3, -0.25) is 24.6 Å². The minimum atomic E-state index is -0.534. The lowest BCUT2D eigenvalue weighted by molar-refractivity contribution is -0.384. The van der Waals surface area contributed by atoms with Crippen molar-refractivity contribution >= 4 is 34.7 Å². The first-order valence-corrected chi connectivity index (χ1v) is 8.56. The highest BCUT2D eigenvalue weighted by Crippen LogP contribution is 2.35. The molecule has 0 radical (unpaired) electrons. The van der Waals surface area contributed by atoms with Crippen LogP contribution in [0.2, 0.25) is 0 Å². The average Bonchev–Trinajstić information content (AvgIpc) is 2.89. The Morgan fingerprint density at radius 2 is 2.04 bits per heavy atom. The minimum Gasteiger partial charge on any atom is -0.504 e. The fourth-order valence-electron chi connectivity index (χ4n) is 2.54. The van der Waals surface area contributed by atoms with E-state index in [4.69, 9.17) is 4.74 Å². The van der Waals surface area contributed by atoms with Crippen LogP contribution in [0.4, 0.5) is 10.5 Å². The van der Waals surface area contributed by atoms with Gasteiger partial charge in [0.2, 0.25) is 0 Å². The number of carbonyl (C=O) groups excluding carboxylic acids is 2. The van der Waals surface area contributed by atoms with Gasteiger partial charge in [-0.05, 0) is 41.1 Å². The molecule has 0 atom stereocenters. The third-order valence-electron chi connectivity index (χ3n) is 3.84. The van der Waals surface area contributed by atoms with E-state index < -0.39 is 16.1 Å². The molecule has 2 aromatic carbocycles. The zero-order chi connectivity index (χ0) is 19.6. The molecule has 0 aromatic heterocycles. The molecule has 138 valence electrons. The summed E-state index contributed by atoms with van der Waals surface area (Å²) in [5.41, 5.74) is 0.910. The molecule has 1 heterocycles. The summed E-state index contributed by atoms with van der Waals surface area (Å²) in [6.07, 6.45) is 1.50.